The first kappa shape index (κ1) is 16.7. The van der Waals surface area contributed by atoms with Gasteiger partial charge in [-0.15, -0.1) is 12.4 Å². The Hall–Kier alpha value is -0.690. The first-order valence-corrected chi connectivity index (χ1v) is 8.34. The Balaban J connectivity index is 0.00000161. The molecule has 118 valence electrons. The van der Waals surface area contributed by atoms with E-state index in [9.17, 15) is 12.8 Å². The predicted octanol–water partition coefficient (Wildman–Crippen LogP) is 1.93. The van der Waals surface area contributed by atoms with E-state index in [1.165, 1.54) is 16.4 Å². The van der Waals surface area contributed by atoms with E-state index in [1.54, 1.807) is 13.0 Å². The van der Waals surface area contributed by atoms with Gasteiger partial charge < -0.3 is 5.32 Å². The van der Waals surface area contributed by atoms with E-state index in [4.69, 9.17) is 0 Å². The fourth-order valence-electron chi connectivity index (χ4n) is 3.19. The molecule has 2 aliphatic heterocycles. The Morgan fingerprint density at radius 2 is 2.10 bits per heavy atom. The van der Waals surface area contributed by atoms with Gasteiger partial charge in [-0.3, -0.25) is 0 Å². The summed E-state index contributed by atoms with van der Waals surface area (Å²) in [7, 11) is -3.72. The average Bonchev–Trinajstić information content (AvgIpc) is 3.04. The van der Waals surface area contributed by atoms with Gasteiger partial charge in [-0.05, 0) is 49.4 Å². The third kappa shape index (κ3) is 2.95. The van der Waals surface area contributed by atoms with Crippen molar-refractivity contribution in [2.75, 3.05) is 26.2 Å². The van der Waals surface area contributed by atoms with Crippen LogP contribution in [0, 0.1) is 18.2 Å². The molecule has 1 N–H and O–H groups in total. The molecular formula is C14H20ClFN2O2S. The molecule has 1 spiro atoms. The van der Waals surface area contributed by atoms with Crippen molar-refractivity contribution in [3.8, 4) is 0 Å². The van der Waals surface area contributed by atoms with E-state index in [0.717, 1.165) is 31.5 Å². The van der Waals surface area contributed by atoms with Crippen LogP contribution in [0.1, 0.15) is 18.4 Å². The largest absolute Gasteiger partial charge is 0.316 e. The lowest BCUT2D eigenvalue weighted by molar-refractivity contribution is 0.337. The summed E-state index contributed by atoms with van der Waals surface area (Å²) in [6.07, 6.45) is 1.85. The molecular weight excluding hydrogens is 315 g/mol. The molecule has 2 saturated heterocycles. The lowest BCUT2D eigenvalue weighted by Crippen LogP contribution is -2.33. The molecule has 1 atom stereocenters. The third-order valence-corrected chi connectivity index (χ3v) is 6.30. The van der Waals surface area contributed by atoms with Crippen LogP contribution in [0.2, 0.25) is 0 Å². The van der Waals surface area contributed by atoms with E-state index in [0.29, 0.717) is 13.1 Å². The number of rotatable bonds is 2. The monoisotopic (exact) mass is 334 g/mol. The molecule has 1 aromatic rings. The van der Waals surface area contributed by atoms with Crippen molar-refractivity contribution < 1.29 is 12.8 Å². The molecule has 0 amide bonds. The number of halogens is 2. The van der Waals surface area contributed by atoms with Gasteiger partial charge >= 0.3 is 0 Å². The van der Waals surface area contributed by atoms with Crippen molar-refractivity contribution in [3.63, 3.8) is 0 Å². The summed E-state index contributed by atoms with van der Waals surface area (Å²) >= 11 is 0. The Bertz CT molecular complexity index is 630. The fraction of sp³-hybridized carbons (Fsp3) is 0.571. The molecule has 2 aliphatic rings. The maximum atomic E-state index is 13.9. The van der Waals surface area contributed by atoms with Crippen LogP contribution in [-0.4, -0.2) is 38.9 Å². The Labute approximate surface area is 131 Å². The third-order valence-electron chi connectivity index (χ3n) is 4.44. The van der Waals surface area contributed by atoms with Gasteiger partial charge in [-0.2, -0.15) is 4.31 Å². The van der Waals surface area contributed by atoms with Gasteiger partial charge in [-0.25, -0.2) is 12.8 Å². The molecule has 21 heavy (non-hydrogen) atoms. The lowest BCUT2D eigenvalue weighted by Gasteiger charge is -2.22. The first-order chi connectivity index (χ1) is 9.43. The van der Waals surface area contributed by atoms with E-state index in [2.05, 4.69) is 5.32 Å². The zero-order valence-corrected chi connectivity index (χ0v) is 13.6. The topological polar surface area (TPSA) is 49.4 Å². The standard InChI is InChI=1S/C14H19FN2O2S.ClH/c1-11-2-3-12(15)13(8-11)20(18,19)17-7-5-14(10-17)4-6-16-9-14;/h2-3,8,16H,4-7,9-10H2,1H3;1H. The van der Waals surface area contributed by atoms with Crippen LogP contribution in [0.5, 0.6) is 0 Å². The Morgan fingerprint density at radius 1 is 1.33 bits per heavy atom. The van der Waals surface area contributed by atoms with Crippen LogP contribution >= 0.6 is 12.4 Å². The Morgan fingerprint density at radius 3 is 2.76 bits per heavy atom. The maximum Gasteiger partial charge on any atom is 0.246 e. The molecule has 1 unspecified atom stereocenters. The van der Waals surface area contributed by atoms with Crippen molar-refractivity contribution in [1.29, 1.82) is 0 Å². The van der Waals surface area contributed by atoms with Crippen molar-refractivity contribution in [2.45, 2.75) is 24.7 Å². The summed E-state index contributed by atoms with van der Waals surface area (Å²) in [5.74, 6) is -0.666. The predicted molar refractivity (Wildman–Crippen MR) is 81.7 cm³/mol. The molecule has 2 fully saturated rings. The van der Waals surface area contributed by atoms with E-state index in [-0.39, 0.29) is 22.7 Å². The number of hydrogen-bond donors (Lipinski definition) is 1. The Kier molecular flexibility index (Phi) is 4.63. The number of aryl methyl sites for hydroxylation is 1. The summed E-state index contributed by atoms with van der Waals surface area (Å²) in [6.45, 7) is 4.54. The minimum absolute atomic E-state index is 0. The summed E-state index contributed by atoms with van der Waals surface area (Å²) in [5, 5.41) is 3.29. The van der Waals surface area contributed by atoms with Gasteiger partial charge in [-0.1, -0.05) is 6.07 Å². The zero-order chi connectivity index (χ0) is 14.4. The van der Waals surface area contributed by atoms with Gasteiger partial charge in [0.2, 0.25) is 10.0 Å². The molecule has 0 aromatic heterocycles. The van der Waals surface area contributed by atoms with Crippen LogP contribution in [0.4, 0.5) is 4.39 Å². The van der Waals surface area contributed by atoms with Crippen molar-refractivity contribution >= 4 is 22.4 Å². The second-order valence-corrected chi connectivity index (χ2v) is 7.86. The van der Waals surface area contributed by atoms with Crippen LogP contribution in [0.25, 0.3) is 0 Å². The summed E-state index contributed by atoms with van der Waals surface area (Å²) in [4.78, 5) is -0.194. The van der Waals surface area contributed by atoms with Gasteiger partial charge in [0, 0.05) is 19.6 Å². The van der Waals surface area contributed by atoms with Crippen LogP contribution < -0.4 is 5.32 Å². The normalized spacial score (nSPS) is 26.2. The van der Waals surface area contributed by atoms with Gasteiger partial charge in [0.1, 0.15) is 10.7 Å². The zero-order valence-electron chi connectivity index (χ0n) is 11.9. The highest BCUT2D eigenvalue weighted by Gasteiger charge is 2.44. The van der Waals surface area contributed by atoms with E-state index in [1.807, 2.05) is 0 Å². The van der Waals surface area contributed by atoms with Crippen LogP contribution in [0.3, 0.4) is 0 Å². The highest BCUT2D eigenvalue weighted by molar-refractivity contribution is 7.89. The van der Waals surface area contributed by atoms with Gasteiger partial charge in [0.05, 0.1) is 0 Å². The molecule has 0 aliphatic carbocycles. The molecule has 3 rings (SSSR count). The molecule has 1 aromatic carbocycles. The number of hydrogen-bond acceptors (Lipinski definition) is 3. The quantitative estimate of drug-likeness (QED) is 0.899. The second kappa shape index (κ2) is 5.83. The number of benzene rings is 1. The minimum Gasteiger partial charge on any atom is -0.316 e. The van der Waals surface area contributed by atoms with Crippen LogP contribution in [-0.2, 0) is 10.0 Å². The van der Waals surface area contributed by atoms with E-state index < -0.39 is 15.8 Å². The number of nitrogens with zero attached hydrogens (tertiary/aromatic N) is 1. The number of nitrogens with one attached hydrogen (secondary N) is 1. The smallest absolute Gasteiger partial charge is 0.246 e. The van der Waals surface area contributed by atoms with Crippen LogP contribution in [0.15, 0.2) is 23.1 Å². The van der Waals surface area contributed by atoms with Gasteiger partial charge in [0.25, 0.3) is 0 Å². The summed E-state index contributed by atoms with van der Waals surface area (Å²) in [5.41, 5.74) is 0.800. The molecule has 0 saturated carbocycles. The van der Waals surface area contributed by atoms with Gasteiger partial charge in [0.15, 0.2) is 0 Å². The highest BCUT2D eigenvalue weighted by Crippen LogP contribution is 2.38. The molecule has 0 bridgehead atoms. The molecule has 2 heterocycles. The highest BCUT2D eigenvalue weighted by atomic mass is 35.5. The minimum atomic E-state index is -3.72. The molecule has 7 heteroatoms. The summed E-state index contributed by atoms with van der Waals surface area (Å²) in [6, 6.07) is 4.23. The summed E-state index contributed by atoms with van der Waals surface area (Å²) < 4.78 is 40.5. The lowest BCUT2D eigenvalue weighted by atomic mass is 9.87. The maximum absolute atomic E-state index is 13.9. The van der Waals surface area contributed by atoms with E-state index >= 15 is 0 Å². The average molecular weight is 335 g/mol. The van der Waals surface area contributed by atoms with Crippen molar-refractivity contribution in [3.05, 3.63) is 29.6 Å². The molecule has 4 nitrogen and oxygen atoms in total. The fourth-order valence-corrected chi connectivity index (χ4v) is 4.89. The van der Waals surface area contributed by atoms with Crippen molar-refractivity contribution in [2.24, 2.45) is 5.41 Å². The number of sulfonamides is 1. The first-order valence-electron chi connectivity index (χ1n) is 6.90. The molecule has 0 radical (unpaired) electrons. The SMILES string of the molecule is Cc1ccc(F)c(S(=O)(=O)N2CCC3(CCNC3)C2)c1.Cl. The van der Waals surface area contributed by atoms with Crippen molar-refractivity contribution in [1.82, 2.24) is 9.62 Å². The second-order valence-electron chi connectivity index (χ2n) is 5.95.